The van der Waals surface area contributed by atoms with Gasteiger partial charge in [-0.05, 0) is 0 Å². The molecule has 0 nitrogen and oxygen atoms in total. The van der Waals surface area contributed by atoms with Gasteiger partial charge in [-0.3, -0.25) is 0 Å². The van der Waals surface area contributed by atoms with Gasteiger partial charge in [0.15, 0.2) is 0 Å². The van der Waals surface area contributed by atoms with Crippen LogP contribution in [-0.2, 0) is 25.8 Å². The molecule has 1 aliphatic carbocycles. The van der Waals surface area contributed by atoms with E-state index < -0.39 is 19.4 Å². The van der Waals surface area contributed by atoms with E-state index in [1.807, 2.05) is 0 Å². The molecule has 2 aromatic rings. The normalized spacial score (nSPS) is 16.1. The Morgan fingerprint density at radius 2 is 1.80 bits per heavy atom. The topological polar surface area (TPSA) is 0 Å². The summed E-state index contributed by atoms with van der Waals surface area (Å²) in [5.74, 6) is 0.477. The molecule has 3 rings (SSSR count). The molecule has 25 heavy (non-hydrogen) atoms. The van der Waals surface area contributed by atoms with Crippen LogP contribution in [-0.4, -0.2) is 0 Å². The number of fused-ring (bicyclic) bond motifs is 1. The first kappa shape index (κ1) is 19.4. The van der Waals surface area contributed by atoms with Gasteiger partial charge in [0.05, 0.1) is 0 Å². The van der Waals surface area contributed by atoms with Crippen molar-refractivity contribution in [3.63, 3.8) is 0 Å². The van der Waals surface area contributed by atoms with Crippen LogP contribution in [0.5, 0.6) is 0 Å². The van der Waals surface area contributed by atoms with Gasteiger partial charge in [0.1, 0.15) is 0 Å². The third kappa shape index (κ3) is 3.71. The van der Waals surface area contributed by atoms with Gasteiger partial charge in [0.2, 0.25) is 0 Å². The Morgan fingerprint density at radius 3 is 2.40 bits per heavy atom. The second-order valence-electron chi connectivity index (χ2n) is 7.19. The Hall–Kier alpha value is -0.357. The van der Waals surface area contributed by atoms with Crippen LogP contribution < -0.4 is 0 Å². The summed E-state index contributed by atoms with van der Waals surface area (Å²) in [6.07, 6.45) is 4.64. The van der Waals surface area contributed by atoms with Crippen LogP contribution in [0.3, 0.4) is 0 Å². The molecular weight excluding hydrogens is 426 g/mol. The van der Waals surface area contributed by atoms with E-state index in [4.69, 9.17) is 17.0 Å². The van der Waals surface area contributed by atoms with E-state index in [1.54, 1.807) is 0 Å². The quantitative estimate of drug-likeness (QED) is 0.438. The molecule has 1 unspecified atom stereocenters. The maximum absolute atomic E-state index is 6.60. The van der Waals surface area contributed by atoms with Crippen molar-refractivity contribution in [2.45, 2.75) is 44.2 Å². The van der Waals surface area contributed by atoms with Crippen molar-refractivity contribution in [1.29, 1.82) is 0 Å². The summed E-state index contributed by atoms with van der Waals surface area (Å²) in [5.41, 5.74) is 9.66. The van der Waals surface area contributed by atoms with E-state index in [0.29, 0.717) is 9.54 Å². The van der Waals surface area contributed by atoms with E-state index in [2.05, 4.69) is 70.2 Å². The number of hydrogen-bond donors (Lipinski definition) is 0. The predicted molar refractivity (Wildman–Crippen MR) is 108 cm³/mol. The maximum atomic E-state index is 6.60. The molecule has 0 N–H and O–H groups in total. The zero-order valence-corrected chi connectivity index (χ0v) is 19.3. The minimum absolute atomic E-state index is 0.291. The van der Waals surface area contributed by atoms with Gasteiger partial charge in [-0.2, -0.15) is 0 Å². The second-order valence-corrected chi connectivity index (χ2v) is 16.0. The van der Waals surface area contributed by atoms with Crippen molar-refractivity contribution in [2.75, 3.05) is 0 Å². The fourth-order valence-electron chi connectivity index (χ4n) is 3.91. The SMILES string of the molecule is CCCc1ccc2c(c1-c1ccccc1C)C=C(C(C)C)[CH]2[Zr]([Cl])[Cl]. The fraction of sp³-hybridized carbons (Fsp3) is 0.364. The van der Waals surface area contributed by atoms with Crippen LogP contribution in [0, 0.1) is 12.8 Å². The summed E-state index contributed by atoms with van der Waals surface area (Å²) >= 11 is -2.45. The molecular formula is C22H25Cl2Zr. The van der Waals surface area contributed by atoms with Crippen LogP contribution in [0.4, 0.5) is 0 Å². The summed E-state index contributed by atoms with van der Waals surface area (Å²) in [6, 6.07) is 13.3. The number of rotatable bonds is 5. The molecule has 0 aliphatic heterocycles. The Labute approximate surface area is 167 Å². The van der Waals surface area contributed by atoms with Crippen molar-refractivity contribution in [2.24, 2.45) is 5.92 Å². The van der Waals surface area contributed by atoms with Gasteiger partial charge in [-0.25, -0.2) is 0 Å². The molecule has 2 aromatic carbocycles. The molecule has 0 fully saturated rings. The van der Waals surface area contributed by atoms with E-state index in [9.17, 15) is 0 Å². The van der Waals surface area contributed by atoms with Crippen molar-refractivity contribution < 1.29 is 19.4 Å². The molecule has 0 aromatic heterocycles. The van der Waals surface area contributed by atoms with Crippen LogP contribution >= 0.6 is 17.0 Å². The van der Waals surface area contributed by atoms with Crippen LogP contribution in [0.2, 0.25) is 0 Å². The fourth-order valence-corrected chi connectivity index (χ4v) is 9.63. The number of hydrogen-bond acceptors (Lipinski definition) is 0. The molecule has 0 heterocycles. The average molecular weight is 452 g/mol. The van der Waals surface area contributed by atoms with Gasteiger partial charge >= 0.3 is 168 Å². The summed E-state index contributed by atoms with van der Waals surface area (Å²) < 4.78 is 0.291. The van der Waals surface area contributed by atoms with Gasteiger partial charge in [-0.1, -0.05) is 0 Å². The summed E-state index contributed by atoms with van der Waals surface area (Å²) in [6.45, 7) is 8.96. The molecule has 131 valence electrons. The average Bonchev–Trinajstić information content (AvgIpc) is 2.96. The molecule has 0 saturated carbocycles. The third-order valence-electron chi connectivity index (χ3n) is 5.14. The Balaban J connectivity index is 2.30. The molecule has 3 heteroatoms. The number of benzene rings is 2. The van der Waals surface area contributed by atoms with E-state index in [1.165, 1.54) is 39.0 Å². The number of allylic oxidation sites excluding steroid dienone is 1. The van der Waals surface area contributed by atoms with E-state index in [-0.39, 0.29) is 0 Å². The molecule has 0 radical (unpaired) electrons. The van der Waals surface area contributed by atoms with Gasteiger partial charge in [0, 0.05) is 0 Å². The van der Waals surface area contributed by atoms with Gasteiger partial charge in [0.25, 0.3) is 0 Å². The van der Waals surface area contributed by atoms with Crippen molar-refractivity contribution in [1.82, 2.24) is 0 Å². The second kappa shape index (κ2) is 8.12. The van der Waals surface area contributed by atoms with Crippen molar-refractivity contribution in [3.05, 3.63) is 64.2 Å². The zero-order valence-electron chi connectivity index (χ0n) is 15.4. The zero-order chi connectivity index (χ0) is 18.1. The molecule has 0 spiro atoms. The monoisotopic (exact) mass is 449 g/mol. The molecule has 0 bridgehead atoms. The number of aryl methyl sites for hydroxylation is 2. The van der Waals surface area contributed by atoms with Gasteiger partial charge in [-0.15, -0.1) is 0 Å². The molecule has 0 saturated heterocycles. The van der Waals surface area contributed by atoms with Gasteiger partial charge < -0.3 is 0 Å². The van der Waals surface area contributed by atoms with Crippen LogP contribution in [0.1, 0.15) is 53.1 Å². The molecule has 1 aliphatic rings. The Kier molecular flexibility index (Phi) is 6.30. The Bertz CT molecular complexity index is 806. The Morgan fingerprint density at radius 1 is 1.08 bits per heavy atom. The molecule has 1 atom stereocenters. The van der Waals surface area contributed by atoms with E-state index in [0.717, 1.165) is 12.8 Å². The summed E-state index contributed by atoms with van der Waals surface area (Å²) in [5, 5.41) is 0. The first-order chi connectivity index (χ1) is 12.0. The van der Waals surface area contributed by atoms with Crippen molar-refractivity contribution in [3.8, 4) is 11.1 Å². The van der Waals surface area contributed by atoms with Crippen LogP contribution in [0.15, 0.2) is 42.0 Å². The first-order valence-electron chi connectivity index (χ1n) is 9.06. The minimum atomic E-state index is -2.45. The van der Waals surface area contributed by atoms with E-state index >= 15 is 0 Å². The predicted octanol–water partition coefficient (Wildman–Crippen LogP) is 7.63. The summed E-state index contributed by atoms with van der Waals surface area (Å²) in [4.78, 5) is 0. The third-order valence-corrected chi connectivity index (χ3v) is 10.4. The number of halogens is 2. The standard InChI is InChI=1S/C22H25.2ClH.Zr/c1-5-8-17-11-12-18-13-19(15(2)3)14-21(18)22(17)20-10-7-6-9-16(20)4;;;/h6-7,9-15H,5,8H2,1-4H3;2*1H;/q;;;+2/p-2. The van der Waals surface area contributed by atoms with Crippen molar-refractivity contribution >= 4 is 23.1 Å². The molecule has 0 amide bonds. The van der Waals surface area contributed by atoms with Crippen LogP contribution in [0.25, 0.3) is 17.2 Å². The first-order valence-corrected chi connectivity index (χ1v) is 16.8. The summed E-state index contributed by atoms with van der Waals surface area (Å²) in [7, 11) is 13.2.